The number of rotatable bonds is 3. The van der Waals surface area contributed by atoms with Crippen LogP contribution in [0, 0.1) is 0 Å². The number of hydrogen-bond acceptors (Lipinski definition) is 2. The third-order valence-corrected chi connectivity index (χ3v) is 4.39. The Labute approximate surface area is 100 Å². The molecule has 2 fully saturated rings. The highest BCUT2D eigenvalue weighted by Crippen LogP contribution is 2.38. The summed E-state index contributed by atoms with van der Waals surface area (Å²) in [5, 5.41) is 3.76. The largest absolute Gasteiger partial charge is 0.375 e. The van der Waals surface area contributed by atoms with Crippen LogP contribution in [0.5, 0.6) is 0 Å². The molecule has 2 rings (SSSR count). The zero-order chi connectivity index (χ0) is 11.4. The Morgan fingerprint density at radius 1 is 1.31 bits per heavy atom. The summed E-state index contributed by atoms with van der Waals surface area (Å²) in [5.41, 5.74) is 0.252. The molecule has 1 spiro atoms. The van der Waals surface area contributed by atoms with Crippen molar-refractivity contribution in [3.63, 3.8) is 0 Å². The SMILES string of the molecule is CCC(C)NC1CCOC2(CCCCC2)C1. The van der Waals surface area contributed by atoms with Crippen LogP contribution in [0.1, 0.15) is 65.2 Å². The van der Waals surface area contributed by atoms with E-state index in [1.807, 2.05) is 0 Å². The maximum atomic E-state index is 6.11. The van der Waals surface area contributed by atoms with Gasteiger partial charge in [-0.25, -0.2) is 0 Å². The minimum Gasteiger partial charge on any atom is -0.375 e. The van der Waals surface area contributed by atoms with Crippen LogP contribution in [-0.4, -0.2) is 24.3 Å². The van der Waals surface area contributed by atoms with Crippen LogP contribution in [0.25, 0.3) is 0 Å². The Morgan fingerprint density at radius 3 is 2.75 bits per heavy atom. The fourth-order valence-electron chi connectivity index (χ4n) is 3.23. The number of nitrogens with one attached hydrogen (secondary N) is 1. The molecule has 0 aromatic carbocycles. The molecule has 0 amide bonds. The molecule has 0 radical (unpaired) electrons. The summed E-state index contributed by atoms with van der Waals surface area (Å²) < 4.78 is 6.11. The lowest BCUT2D eigenvalue weighted by Gasteiger charge is -2.44. The van der Waals surface area contributed by atoms with Gasteiger partial charge in [0.1, 0.15) is 0 Å². The molecule has 0 aromatic rings. The molecule has 1 N–H and O–H groups in total. The summed E-state index contributed by atoms with van der Waals surface area (Å²) in [6, 6.07) is 1.35. The molecule has 1 aliphatic carbocycles. The highest BCUT2D eigenvalue weighted by atomic mass is 16.5. The van der Waals surface area contributed by atoms with Crippen molar-refractivity contribution in [1.82, 2.24) is 5.32 Å². The van der Waals surface area contributed by atoms with Crippen LogP contribution in [0.3, 0.4) is 0 Å². The third-order valence-electron chi connectivity index (χ3n) is 4.39. The molecule has 16 heavy (non-hydrogen) atoms. The molecule has 2 atom stereocenters. The Bertz CT molecular complexity index is 205. The lowest BCUT2D eigenvalue weighted by atomic mass is 9.78. The van der Waals surface area contributed by atoms with Crippen LogP contribution in [0.4, 0.5) is 0 Å². The van der Waals surface area contributed by atoms with Crippen molar-refractivity contribution in [1.29, 1.82) is 0 Å². The smallest absolute Gasteiger partial charge is 0.0697 e. The second-order valence-electron chi connectivity index (χ2n) is 5.76. The molecule has 2 heteroatoms. The fraction of sp³-hybridized carbons (Fsp3) is 1.00. The minimum absolute atomic E-state index is 0.252. The van der Waals surface area contributed by atoms with E-state index in [4.69, 9.17) is 4.74 Å². The van der Waals surface area contributed by atoms with Gasteiger partial charge in [0, 0.05) is 18.7 Å². The lowest BCUT2D eigenvalue weighted by molar-refractivity contribution is -0.109. The molecule has 94 valence electrons. The van der Waals surface area contributed by atoms with E-state index in [1.165, 1.54) is 51.4 Å². The van der Waals surface area contributed by atoms with Gasteiger partial charge in [0.05, 0.1) is 5.60 Å². The first-order chi connectivity index (χ1) is 7.74. The summed E-state index contributed by atoms with van der Waals surface area (Å²) >= 11 is 0. The van der Waals surface area contributed by atoms with Gasteiger partial charge in [0.15, 0.2) is 0 Å². The summed E-state index contributed by atoms with van der Waals surface area (Å²) in [6.45, 7) is 5.52. The zero-order valence-corrected chi connectivity index (χ0v) is 10.9. The Kier molecular flexibility index (Phi) is 4.26. The van der Waals surface area contributed by atoms with Gasteiger partial charge in [0.2, 0.25) is 0 Å². The lowest BCUT2D eigenvalue weighted by Crippen LogP contribution is -2.49. The van der Waals surface area contributed by atoms with E-state index in [2.05, 4.69) is 19.2 Å². The third kappa shape index (κ3) is 2.98. The summed E-state index contributed by atoms with van der Waals surface area (Å²) in [4.78, 5) is 0. The average molecular weight is 225 g/mol. The van der Waals surface area contributed by atoms with E-state index in [0.29, 0.717) is 12.1 Å². The molecule has 2 aliphatic rings. The molecule has 0 bridgehead atoms. The predicted molar refractivity (Wildman–Crippen MR) is 67.7 cm³/mol. The molecular weight excluding hydrogens is 198 g/mol. The van der Waals surface area contributed by atoms with E-state index in [-0.39, 0.29) is 5.60 Å². The normalized spacial score (nSPS) is 31.5. The highest BCUT2D eigenvalue weighted by molar-refractivity contribution is 4.92. The molecule has 0 aromatic heterocycles. The molecule has 1 saturated carbocycles. The van der Waals surface area contributed by atoms with Crippen molar-refractivity contribution in [3.8, 4) is 0 Å². The van der Waals surface area contributed by atoms with Crippen molar-refractivity contribution < 1.29 is 4.74 Å². The number of hydrogen-bond donors (Lipinski definition) is 1. The van der Waals surface area contributed by atoms with Gasteiger partial charge < -0.3 is 10.1 Å². The summed E-state index contributed by atoms with van der Waals surface area (Å²) in [7, 11) is 0. The minimum atomic E-state index is 0.252. The van der Waals surface area contributed by atoms with Gasteiger partial charge in [0.25, 0.3) is 0 Å². The first kappa shape index (κ1) is 12.4. The maximum absolute atomic E-state index is 6.11. The summed E-state index contributed by atoms with van der Waals surface area (Å²) in [6.07, 6.45) is 10.4. The maximum Gasteiger partial charge on any atom is 0.0697 e. The van der Waals surface area contributed by atoms with Gasteiger partial charge in [-0.3, -0.25) is 0 Å². The van der Waals surface area contributed by atoms with Crippen LogP contribution in [0.15, 0.2) is 0 Å². The van der Waals surface area contributed by atoms with Gasteiger partial charge in [-0.1, -0.05) is 26.2 Å². The molecule has 1 heterocycles. The van der Waals surface area contributed by atoms with Gasteiger partial charge in [-0.15, -0.1) is 0 Å². The first-order valence-corrected chi connectivity index (χ1v) is 7.14. The number of ether oxygens (including phenoxy) is 1. The average Bonchev–Trinajstić information content (AvgIpc) is 2.30. The van der Waals surface area contributed by atoms with E-state index in [0.717, 1.165) is 6.61 Å². The van der Waals surface area contributed by atoms with E-state index in [9.17, 15) is 0 Å². The standard InChI is InChI=1S/C14H27NO/c1-3-12(2)15-13-7-10-16-14(11-13)8-5-4-6-9-14/h12-13,15H,3-11H2,1-2H3. The van der Waals surface area contributed by atoms with Gasteiger partial charge in [-0.05, 0) is 39.0 Å². The molecule has 1 aliphatic heterocycles. The monoisotopic (exact) mass is 225 g/mol. The van der Waals surface area contributed by atoms with Crippen molar-refractivity contribution in [2.24, 2.45) is 0 Å². The van der Waals surface area contributed by atoms with Gasteiger partial charge in [-0.2, -0.15) is 0 Å². The Morgan fingerprint density at radius 2 is 2.06 bits per heavy atom. The quantitative estimate of drug-likeness (QED) is 0.796. The van der Waals surface area contributed by atoms with Crippen LogP contribution in [-0.2, 0) is 4.74 Å². The van der Waals surface area contributed by atoms with E-state index in [1.54, 1.807) is 0 Å². The highest BCUT2D eigenvalue weighted by Gasteiger charge is 2.38. The second-order valence-corrected chi connectivity index (χ2v) is 5.76. The Hall–Kier alpha value is -0.0800. The second kappa shape index (κ2) is 5.50. The fourth-order valence-corrected chi connectivity index (χ4v) is 3.23. The van der Waals surface area contributed by atoms with E-state index < -0.39 is 0 Å². The Balaban J connectivity index is 1.87. The predicted octanol–water partition coefficient (Wildman–Crippen LogP) is 3.26. The first-order valence-electron chi connectivity index (χ1n) is 7.14. The zero-order valence-electron chi connectivity index (χ0n) is 10.9. The van der Waals surface area contributed by atoms with Gasteiger partial charge >= 0.3 is 0 Å². The van der Waals surface area contributed by atoms with Crippen LogP contribution < -0.4 is 5.32 Å². The summed E-state index contributed by atoms with van der Waals surface area (Å²) in [5.74, 6) is 0. The van der Waals surface area contributed by atoms with E-state index >= 15 is 0 Å². The van der Waals surface area contributed by atoms with Crippen LogP contribution >= 0.6 is 0 Å². The van der Waals surface area contributed by atoms with Crippen molar-refractivity contribution in [2.75, 3.05) is 6.61 Å². The van der Waals surface area contributed by atoms with Crippen molar-refractivity contribution >= 4 is 0 Å². The molecular formula is C14H27NO. The van der Waals surface area contributed by atoms with Crippen molar-refractivity contribution in [3.05, 3.63) is 0 Å². The molecule has 2 unspecified atom stereocenters. The molecule has 1 saturated heterocycles. The van der Waals surface area contributed by atoms with Crippen molar-refractivity contribution in [2.45, 2.75) is 82.9 Å². The van der Waals surface area contributed by atoms with Crippen LogP contribution in [0.2, 0.25) is 0 Å². The topological polar surface area (TPSA) is 21.3 Å². The molecule has 2 nitrogen and oxygen atoms in total.